The maximum absolute atomic E-state index is 13.0. The molecule has 0 fully saturated rings. The molecule has 2 rings (SSSR count). The highest BCUT2D eigenvalue weighted by atomic mass is 35.5. The van der Waals surface area contributed by atoms with Gasteiger partial charge in [-0.05, 0) is 25.1 Å². The molecule has 0 aliphatic carbocycles. The largest absolute Gasteiger partial charge is 0.346 e. The smallest absolute Gasteiger partial charge is 0.282 e. The summed E-state index contributed by atoms with van der Waals surface area (Å²) in [6, 6.07) is 1.43. The molecule has 2 aromatic heterocycles. The molecule has 152 valence electrons. The van der Waals surface area contributed by atoms with Crippen molar-refractivity contribution >= 4 is 34.8 Å². The Balaban J connectivity index is 2.22. The van der Waals surface area contributed by atoms with E-state index in [0.717, 1.165) is 4.68 Å². The van der Waals surface area contributed by atoms with Gasteiger partial charge in [0.2, 0.25) is 0 Å². The number of hydrogen-bond donors (Lipinski definition) is 1. The van der Waals surface area contributed by atoms with Gasteiger partial charge in [-0.15, -0.1) is 0 Å². The van der Waals surface area contributed by atoms with Crippen molar-refractivity contribution in [2.45, 2.75) is 26.4 Å². The number of nitrogens with zero attached hydrogens (tertiary/aromatic N) is 4. The fourth-order valence-corrected chi connectivity index (χ4v) is 2.53. The van der Waals surface area contributed by atoms with Crippen LogP contribution in [0, 0.1) is 0 Å². The van der Waals surface area contributed by atoms with E-state index in [0.29, 0.717) is 5.02 Å². The van der Waals surface area contributed by atoms with Crippen LogP contribution in [0.5, 0.6) is 0 Å². The van der Waals surface area contributed by atoms with E-state index in [2.05, 4.69) is 20.6 Å². The molecular formula is C16H17Cl2F2N5O3. The molecule has 0 aliphatic rings. The molecule has 0 bridgehead atoms. The summed E-state index contributed by atoms with van der Waals surface area (Å²) in [6.45, 7) is 3.21. The van der Waals surface area contributed by atoms with Gasteiger partial charge in [0.25, 0.3) is 12.3 Å². The quantitative estimate of drug-likeness (QED) is 0.388. The number of rotatable bonds is 8. The maximum Gasteiger partial charge on any atom is 0.282 e. The highest BCUT2D eigenvalue weighted by Gasteiger charge is 2.23. The van der Waals surface area contributed by atoms with Crippen molar-refractivity contribution in [1.29, 1.82) is 0 Å². The summed E-state index contributed by atoms with van der Waals surface area (Å²) < 4.78 is 27.2. The number of aromatic nitrogens is 3. The number of carbonyl (C=O) groups excluding carboxylic acids is 1. The van der Waals surface area contributed by atoms with E-state index in [1.54, 1.807) is 13.8 Å². The van der Waals surface area contributed by atoms with Crippen LogP contribution in [0.1, 0.15) is 42.0 Å². The fourth-order valence-electron chi connectivity index (χ4n) is 2.04. The van der Waals surface area contributed by atoms with Crippen molar-refractivity contribution in [1.82, 2.24) is 20.1 Å². The predicted octanol–water partition coefficient (Wildman–Crippen LogP) is 3.55. The minimum atomic E-state index is -2.90. The lowest BCUT2D eigenvalue weighted by Crippen LogP contribution is -2.31. The summed E-state index contributed by atoms with van der Waals surface area (Å²) >= 11 is 12.0. The standard InChI is InChI=1S/C16H17Cl2F2N5O3/c1-8(2)27-28-24-12(14-11(18)4-9(17)5-21-14)6-22-16(26)10-7-25(3)23-13(10)15(19)20/h4-5,7-8,15H,6H2,1-3H3,(H,22,26)/b24-12-. The zero-order chi connectivity index (χ0) is 20.8. The van der Waals surface area contributed by atoms with Crippen LogP contribution in [0.15, 0.2) is 23.6 Å². The third-order valence-electron chi connectivity index (χ3n) is 3.19. The monoisotopic (exact) mass is 435 g/mol. The van der Waals surface area contributed by atoms with Gasteiger partial charge in [-0.25, -0.2) is 13.8 Å². The summed E-state index contributed by atoms with van der Waals surface area (Å²) in [7, 11) is 1.43. The molecule has 0 spiro atoms. The number of oxime groups is 1. The van der Waals surface area contributed by atoms with Gasteiger partial charge in [-0.1, -0.05) is 23.2 Å². The highest BCUT2D eigenvalue weighted by molar-refractivity contribution is 6.36. The third kappa shape index (κ3) is 5.85. The normalized spacial score (nSPS) is 12.0. The van der Waals surface area contributed by atoms with Crippen LogP contribution in [-0.4, -0.2) is 39.0 Å². The van der Waals surface area contributed by atoms with Crippen LogP contribution in [0.4, 0.5) is 8.78 Å². The Morgan fingerprint density at radius 3 is 2.71 bits per heavy atom. The second-order valence-corrected chi connectivity index (χ2v) is 6.67. The van der Waals surface area contributed by atoms with Crippen molar-refractivity contribution < 1.29 is 23.5 Å². The molecule has 0 aromatic carbocycles. The lowest BCUT2D eigenvalue weighted by atomic mass is 10.2. The van der Waals surface area contributed by atoms with E-state index >= 15 is 0 Å². The van der Waals surface area contributed by atoms with Gasteiger partial charge in [-0.2, -0.15) is 9.99 Å². The van der Waals surface area contributed by atoms with Crippen LogP contribution >= 0.6 is 23.2 Å². The topological polar surface area (TPSA) is 90.6 Å². The van der Waals surface area contributed by atoms with E-state index in [1.807, 2.05) is 0 Å². The average Bonchev–Trinajstić information content (AvgIpc) is 3.00. The van der Waals surface area contributed by atoms with Gasteiger partial charge in [0.15, 0.2) is 0 Å². The molecule has 0 atom stereocenters. The van der Waals surface area contributed by atoms with Crippen molar-refractivity contribution in [3.05, 3.63) is 45.5 Å². The van der Waals surface area contributed by atoms with Crippen LogP contribution in [0.2, 0.25) is 10.0 Å². The highest BCUT2D eigenvalue weighted by Crippen LogP contribution is 2.21. The van der Waals surface area contributed by atoms with Gasteiger partial charge >= 0.3 is 0 Å². The number of pyridine rings is 1. The first kappa shape index (κ1) is 22.0. The first-order valence-electron chi connectivity index (χ1n) is 7.99. The van der Waals surface area contributed by atoms with Gasteiger partial charge in [0.1, 0.15) is 23.2 Å². The van der Waals surface area contributed by atoms with E-state index in [-0.39, 0.29) is 34.6 Å². The fraction of sp³-hybridized carbons (Fsp3) is 0.375. The zero-order valence-electron chi connectivity index (χ0n) is 15.1. The van der Waals surface area contributed by atoms with Gasteiger partial charge in [-0.3, -0.25) is 14.5 Å². The van der Waals surface area contributed by atoms with E-state index < -0.39 is 18.0 Å². The Morgan fingerprint density at radius 1 is 1.39 bits per heavy atom. The number of carbonyl (C=O) groups is 1. The molecule has 0 unspecified atom stereocenters. The maximum atomic E-state index is 13.0. The molecule has 1 amide bonds. The van der Waals surface area contributed by atoms with Crippen LogP contribution in [0.25, 0.3) is 0 Å². The molecule has 2 aromatic rings. The molecule has 2 heterocycles. The van der Waals surface area contributed by atoms with Crippen LogP contribution < -0.4 is 5.32 Å². The molecule has 0 saturated heterocycles. The molecule has 0 aliphatic heterocycles. The SMILES string of the molecule is CC(C)OO/N=C(/CNC(=O)c1cn(C)nc1C(F)F)c1ncc(Cl)cc1Cl. The number of amides is 1. The Bertz CT molecular complexity index is 874. The summed E-state index contributed by atoms with van der Waals surface area (Å²) in [5.41, 5.74) is -0.607. The lowest BCUT2D eigenvalue weighted by Gasteiger charge is -2.10. The van der Waals surface area contributed by atoms with E-state index in [4.69, 9.17) is 33.1 Å². The summed E-state index contributed by atoms with van der Waals surface area (Å²) in [5, 5.41) is 10.3. The van der Waals surface area contributed by atoms with Gasteiger partial charge < -0.3 is 5.32 Å². The van der Waals surface area contributed by atoms with Crippen molar-refractivity contribution in [2.75, 3.05) is 6.54 Å². The molecule has 1 N–H and O–H groups in total. The van der Waals surface area contributed by atoms with Crippen molar-refractivity contribution in [3.63, 3.8) is 0 Å². The zero-order valence-corrected chi connectivity index (χ0v) is 16.6. The number of aryl methyl sites for hydroxylation is 1. The van der Waals surface area contributed by atoms with Crippen LogP contribution in [0.3, 0.4) is 0 Å². The predicted molar refractivity (Wildman–Crippen MR) is 98.6 cm³/mol. The van der Waals surface area contributed by atoms with Crippen LogP contribution in [-0.2, 0) is 16.9 Å². The Labute approximate surface area is 169 Å². The first-order chi connectivity index (χ1) is 13.2. The molecule has 8 nitrogen and oxygen atoms in total. The molecule has 28 heavy (non-hydrogen) atoms. The number of nitrogens with one attached hydrogen (secondary N) is 1. The van der Waals surface area contributed by atoms with E-state index in [1.165, 1.54) is 25.5 Å². The summed E-state index contributed by atoms with van der Waals surface area (Å²) in [5.74, 6) is -0.772. The summed E-state index contributed by atoms with van der Waals surface area (Å²) in [6.07, 6.45) is -0.652. The average molecular weight is 436 g/mol. The third-order valence-corrected chi connectivity index (χ3v) is 3.68. The second kappa shape index (κ2) is 9.76. The molecule has 0 radical (unpaired) electrons. The van der Waals surface area contributed by atoms with Crippen molar-refractivity contribution in [3.8, 4) is 0 Å². The molecular weight excluding hydrogens is 419 g/mol. The van der Waals surface area contributed by atoms with Crippen molar-refractivity contribution in [2.24, 2.45) is 12.2 Å². The van der Waals surface area contributed by atoms with Gasteiger partial charge in [0.05, 0.1) is 22.2 Å². The van der Waals surface area contributed by atoms with E-state index in [9.17, 15) is 13.6 Å². The minimum absolute atomic E-state index is 0.0955. The number of alkyl halides is 2. The van der Waals surface area contributed by atoms with Gasteiger partial charge in [0, 0.05) is 19.4 Å². The Hall–Kier alpha value is -2.30. The molecule has 12 heteroatoms. The Kier molecular flexibility index (Phi) is 7.67. The number of halogens is 4. The first-order valence-corrected chi connectivity index (χ1v) is 8.75. The summed E-state index contributed by atoms with van der Waals surface area (Å²) in [4.78, 5) is 26.1. The lowest BCUT2D eigenvalue weighted by molar-refractivity contribution is -0.318. The second-order valence-electron chi connectivity index (χ2n) is 5.83. The Morgan fingerprint density at radius 2 is 2.11 bits per heavy atom. The number of hydrogen-bond acceptors (Lipinski definition) is 6. The minimum Gasteiger partial charge on any atom is -0.346 e. The molecule has 0 saturated carbocycles.